The van der Waals surface area contributed by atoms with Crippen molar-refractivity contribution in [3.05, 3.63) is 69.9 Å². The number of carbonyl (C=O) groups is 2. The Kier molecular flexibility index (Phi) is 6.56. The lowest BCUT2D eigenvalue weighted by Gasteiger charge is -2.36. The number of ketones is 1. The molecule has 7 heteroatoms. The van der Waals surface area contributed by atoms with Gasteiger partial charge in [0.05, 0.1) is 21.3 Å². The third-order valence-corrected chi connectivity index (χ3v) is 6.67. The summed E-state index contributed by atoms with van der Waals surface area (Å²) in [5.74, 6) is -0.391. The van der Waals surface area contributed by atoms with Crippen LogP contribution in [0.4, 0.5) is 0 Å². The highest BCUT2D eigenvalue weighted by molar-refractivity contribution is 6.30. The Morgan fingerprint density at radius 3 is 2.42 bits per heavy atom. The van der Waals surface area contributed by atoms with Crippen molar-refractivity contribution in [3.63, 3.8) is 0 Å². The lowest BCUT2D eigenvalue weighted by Crippen LogP contribution is -2.37. The molecule has 1 unspecified atom stereocenters. The minimum absolute atomic E-state index is 0.0221. The number of halogens is 1. The molecular formula is C26H26ClNO5. The van der Waals surface area contributed by atoms with Crippen molar-refractivity contribution >= 4 is 29.1 Å². The summed E-state index contributed by atoms with van der Waals surface area (Å²) in [5.41, 5.74) is 3.71. The molecule has 0 aromatic heterocycles. The first-order chi connectivity index (χ1) is 15.9. The van der Waals surface area contributed by atoms with Gasteiger partial charge in [0.1, 0.15) is 5.92 Å². The molecule has 2 aliphatic rings. The van der Waals surface area contributed by atoms with E-state index < -0.39 is 17.8 Å². The Balaban J connectivity index is 1.79. The zero-order valence-corrected chi connectivity index (χ0v) is 19.8. The number of ether oxygens (including phenoxy) is 3. The van der Waals surface area contributed by atoms with Crippen LogP contribution in [-0.4, -0.2) is 38.8 Å². The Morgan fingerprint density at radius 2 is 1.76 bits per heavy atom. The highest BCUT2D eigenvalue weighted by Crippen LogP contribution is 2.47. The van der Waals surface area contributed by atoms with Gasteiger partial charge in [0.2, 0.25) is 0 Å². The van der Waals surface area contributed by atoms with Crippen LogP contribution in [0.3, 0.4) is 0 Å². The average molecular weight is 468 g/mol. The summed E-state index contributed by atoms with van der Waals surface area (Å²) in [7, 11) is 4.53. The lowest BCUT2D eigenvalue weighted by molar-refractivity contribution is -0.143. The minimum atomic E-state index is -0.672. The van der Waals surface area contributed by atoms with Crippen LogP contribution in [0.1, 0.15) is 42.7 Å². The Bertz CT molecular complexity index is 1170. The van der Waals surface area contributed by atoms with Crippen molar-refractivity contribution in [2.45, 2.75) is 31.6 Å². The molecule has 1 aliphatic heterocycles. The lowest BCUT2D eigenvalue weighted by atomic mass is 9.69. The highest BCUT2D eigenvalue weighted by Gasteiger charge is 2.44. The van der Waals surface area contributed by atoms with E-state index in [2.05, 4.69) is 0 Å². The van der Waals surface area contributed by atoms with E-state index in [0.29, 0.717) is 46.3 Å². The second kappa shape index (κ2) is 9.40. The molecule has 0 bridgehead atoms. The van der Waals surface area contributed by atoms with Crippen LogP contribution in [-0.2, 0) is 14.3 Å². The van der Waals surface area contributed by atoms with Crippen molar-refractivity contribution in [2.24, 2.45) is 10.9 Å². The van der Waals surface area contributed by atoms with E-state index in [0.717, 1.165) is 11.1 Å². The van der Waals surface area contributed by atoms with E-state index in [1.165, 1.54) is 7.11 Å². The number of Topliss-reactive ketones (excluding diaryl/α,β-unsaturated/α-hetero) is 1. The maximum Gasteiger partial charge on any atom is 0.315 e. The number of carbonyl (C=O) groups excluding carboxylic acids is 2. The molecule has 0 N–H and O–H groups in total. The van der Waals surface area contributed by atoms with Gasteiger partial charge < -0.3 is 14.2 Å². The molecule has 6 nitrogen and oxygen atoms in total. The Hall–Kier alpha value is -3.12. The minimum Gasteiger partial charge on any atom is -0.493 e. The van der Waals surface area contributed by atoms with Crippen LogP contribution < -0.4 is 9.47 Å². The predicted molar refractivity (Wildman–Crippen MR) is 126 cm³/mol. The summed E-state index contributed by atoms with van der Waals surface area (Å²) in [6, 6.07) is 13.0. The number of nitrogens with zero attached hydrogens (tertiary/aromatic N) is 1. The smallest absolute Gasteiger partial charge is 0.315 e. The second-order valence-corrected chi connectivity index (χ2v) is 8.73. The van der Waals surface area contributed by atoms with Crippen molar-refractivity contribution < 1.29 is 23.8 Å². The summed E-state index contributed by atoms with van der Waals surface area (Å²) in [6.45, 7) is 1.81. The van der Waals surface area contributed by atoms with Gasteiger partial charge in [-0.2, -0.15) is 0 Å². The number of hydrogen-bond donors (Lipinski definition) is 0. The van der Waals surface area contributed by atoms with Gasteiger partial charge in [-0.25, -0.2) is 0 Å². The van der Waals surface area contributed by atoms with Crippen LogP contribution >= 0.6 is 11.6 Å². The van der Waals surface area contributed by atoms with Crippen molar-refractivity contribution in [3.8, 4) is 11.5 Å². The SMILES string of the molecule is COC(=O)C1C(C)=NC2=C(C(=O)C[C@H](c3ccc(OC)c(OC)c3)C2)[C@H]1c1cccc(Cl)c1. The topological polar surface area (TPSA) is 74.2 Å². The molecule has 1 aliphatic carbocycles. The van der Waals surface area contributed by atoms with E-state index in [9.17, 15) is 9.59 Å². The summed E-state index contributed by atoms with van der Waals surface area (Å²) in [6.07, 6.45) is 0.896. The van der Waals surface area contributed by atoms with Crippen LogP contribution in [0.5, 0.6) is 11.5 Å². The van der Waals surface area contributed by atoms with E-state index in [4.69, 9.17) is 30.8 Å². The van der Waals surface area contributed by atoms with Gasteiger partial charge in [-0.1, -0.05) is 29.8 Å². The van der Waals surface area contributed by atoms with Gasteiger partial charge >= 0.3 is 5.97 Å². The second-order valence-electron chi connectivity index (χ2n) is 8.29. The number of rotatable bonds is 5. The summed E-state index contributed by atoms with van der Waals surface area (Å²) >= 11 is 6.26. The largest absolute Gasteiger partial charge is 0.493 e. The van der Waals surface area contributed by atoms with Gasteiger partial charge in [-0.3, -0.25) is 14.6 Å². The molecule has 0 radical (unpaired) electrons. The van der Waals surface area contributed by atoms with E-state index >= 15 is 0 Å². The molecular weight excluding hydrogens is 442 g/mol. The molecule has 33 heavy (non-hydrogen) atoms. The third kappa shape index (κ3) is 4.27. The molecule has 2 aromatic rings. The maximum absolute atomic E-state index is 13.6. The fraction of sp³-hybridized carbons (Fsp3) is 0.346. The first-order valence-electron chi connectivity index (χ1n) is 10.7. The molecule has 3 atom stereocenters. The summed E-state index contributed by atoms with van der Waals surface area (Å²) in [4.78, 5) is 31.0. The zero-order chi connectivity index (χ0) is 23.7. The standard InChI is InChI=1S/C26H26ClNO5/c1-14-23(26(30)33-4)24(16-6-5-7-18(27)10-16)25-19(28-14)11-17(12-20(25)29)15-8-9-21(31-2)22(13-15)32-3/h5-10,13,17,23-24H,11-12H2,1-4H3/t17-,23?,24+/m1/s1. The van der Waals surface area contributed by atoms with E-state index in [-0.39, 0.29) is 11.7 Å². The van der Waals surface area contributed by atoms with E-state index in [1.54, 1.807) is 26.4 Å². The summed E-state index contributed by atoms with van der Waals surface area (Å²) in [5, 5.41) is 0.546. The van der Waals surface area contributed by atoms with Crippen LogP contribution in [0.15, 0.2) is 58.7 Å². The highest BCUT2D eigenvalue weighted by atomic mass is 35.5. The molecule has 1 heterocycles. The number of methoxy groups -OCH3 is 3. The van der Waals surface area contributed by atoms with Crippen LogP contribution in [0.2, 0.25) is 5.02 Å². The number of benzene rings is 2. The summed E-state index contributed by atoms with van der Waals surface area (Å²) < 4.78 is 15.9. The van der Waals surface area contributed by atoms with Crippen LogP contribution in [0.25, 0.3) is 0 Å². The number of aliphatic imine (C=N–C) groups is 1. The Morgan fingerprint density at radius 1 is 1.00 bits per heavy atom. The number of allylic oxidation sites excluding steroid dienone is 2. The molecule has 172 valence electrons. The maximum atomic E-state index is 13.6. The molecule has 0 amide bonds. The first kappa shape index (κ1) is 23.1. The first-order valence-corrected chi connectivity index (χ1v) is 11.1. The molecule has 4 rings (SSSR count). The molecule has 2 aromatic carbocycles. The molecule has 0 saturated carbocycles. The van der Waals surface area contributed by atoms with Gasteiger partial charge in [-0.05, 0) is 54.7 Å². The predicted octanol–water partition coefficient (Wildman–Crippen LogP) is 5.11. The third-order valence-electron chi connectivity index (χ3n) is 6.43. The molecule has 0 spiro atoms. The van der Waals surface area contributed by atoms with Crippen LogP contribution in [0, 0.1) is 5.92 Å². The molecule has 0 fully saturated rings. The zero-order valence-electron chi connectivity index (χ0n) is 19.1. The fourth-order valence-corrected chi connectivity index (χ4v) is 5.09. The number of esters is 1. The van der Waals surface area contributed by atoms with Gasteiger partial charge in [0.25, 0.3) is 0 Å². The van der Waals surface area contributed by atoms with Gasteiger partial charge in [0.15, 0.2) is 17.3 Å². The van der Waals surface area contributed by atoms with Crippen molar-refractivity contribution in [2.75, 3.05) is 21.3 Å². The van der Waals surface area contributed by atoms with Crippen molar-refractivity contribution in [1.29, 1.82) is 0 Å². The van der Waals surface area contributed by atoms with Gasteiger partial charge in [-0.15, -0.1) is 0 Å². The molecule has 0 saturated heterocycles. The van der Waals surface area contributed by atoms with Crippen molar-refractivity contribution in [1.82, 2.24) is 0 Å². The monoisotopic (exact) mass is 467 g/mol. The quantitative estimate of drug-likeness (QED) is 0.571. The number of hydrogen-bond acceptors (Lipinski definition) is 6. The Labute approximate surface area is 198 Å². The normalized spacial score (nSPS) is 22.4. The average Bonchev–Trinajstić information content (AvgIpc) is 2.82. The van der Waals surface area contributed by atoms with E-state index in [1.807, 2.05) is 37.3 Å². The fourth-order valence-electron chi connectivity index (χ4n) is 4.89. The van der Waals surface area contributed by atoms with Gasteiger partial charge in [0, 0.05) is 34.3 Å².